The first-order valence-corrected chi connectivity index (χ1v) is 6.27. The third-order valence-corrected chi connectivity index (χ3v) is 3.20. The molecule has 0 aliphatic heterocycles. The molecule has 0 radical (unpaired) electrons. The minimum atomic E-state index is -0.254. The zero-order valence-corrected chi connectivity index (χ0v) is 11.4. The monoisotopic (exact) mass is 295 g/mol. The molecule has 3 N–H and O–H groups in total. The lowest BCUT2D eigenvalue weighted by atomic mass is 10.2. The molecule has 0 unspecified atom stereocenters. The number of aromatic nitrogens is 1. The fraction of sp³-hybridized carbons (Fsp3) is 0.0769. The molecular formula is C13H11Cl2N3O. The zero-order valence-electron chi connectivity index (χ0n) is 9.86. The highest BCUT2D eigenvalue weighted by molar-refractivity contribution is 6.42. The lowest BCUT2D eigenvalue weighted by Crippen LogP contribution is -2.13. The molecule has 0 bridgehead atoms. The summed E-state index contributed by atoms with van der Waals surface area (Å²) < 4.78 is 0. The van der Waals surface area contributed by atoms with Crippen LogP contribution < -0.4 is 11.1 Å². The maximum Gasteiger partial charge on any atom is 0.255 e. The maximum absolute atomic E-state index is 12.0. The number of hydrogen-bond donors (Lipinski definition) is 2. The summed E-state index contributed by atoms with van der Waals surface area (Å²) in [6.45, 7) is 0.286. The SMILES string of the molecule is NCc1cc(C(=O)Nc2ccc(Cl)c(Cl)c2)ccn1. The average Bonchev–Trinajstić information content (AvgIpc) is 2.43. The van der Waals surface area contributed by atoms with E-state index in [9.17, 15) is 4.79 Å². The van der Waals surface area contributed by atoms with E-state index in [0.717, 1.165) is 0 Å². The van der Waals surface area contributed by atoms with Crippen LogP contribution in [0.5, 0.6) is 0 Å². The molecular weight excluding hydrogens is 285 g/mol. The van der Waals surface area contributed by atoms with E-state index in [4.69, 9.17) is 28.9 Å². The van der Waals surface area contributed by atoms with Crippen molar-refractivity contribution >= 4 is 34.8 Å². The number of nitrogens with two attached hydrogens (primary N) is 1. The van der Waals surface area contributed by atoms with E-state index in [1.54, 1.807) is 36.5 Å². The molecule has 0 saturated heterocycles. The predicted octanol–water partition coefficient (Wildman–Crippen LogP) is 3.10. The van der Waals surface area contributed by atoms with Crippen LogP contribution in [0.2, 0.25) is 10.0 Å². The van der Waals surface area contributed by atoms with Crippen LogP contribution in [0.4, 0.5) is 5.69 Å². The summed E-state index contributed by atoms with van der Waals surface area (Å²) in [5.74, 6) is -0.254. The smallest absolute Gasteiger partial charge is 0.255 e. The number of nitrogens with one attached hydrogen (secondary N) is 1. The van der Waals surface area contributed by atoms with E-state index in [2.05, 4.69) is 10.3 Å². The Morgan fingerprint density at radius 2 is 2.00 bits per heavy atom. The number of nitrogens with zero attached hydrogens (tertiary/aromatic N) is 1. The Labute approximate surface area is 120 Å². The molecule has 1 heterocycles. The largest absolute Gasteiger partial charge is 0.325 e. The second-order valence-electron chi connectivity index (χ2n) is 3.82. The first-order chi connectivity index (χ1) is 9.10. The highest BCUT2D eigenvalue weighted by atomic mass is 35.5. The molecule has 4 nitrogen and oxygen atoms in total. The number of halogens is 2. The first kappa shape index (κ1) is 13.8. The maximum atomic E-state index is 12.0. The Bertz CT molecular complexity index is 617. The Morgan fingerprint density at radius 3 is 2.68 bits per heavy atom. The van der Waals surface area contributed by atoms with E-state index in [-0.39, 0.29) is 12.5 Å². The third kappa shape index (κ3) is 3.44. The molecule has 0 spiro atoms. The van der Waals surface area contributed by atoms with Crippen molar-refractivity contribution in [2.24, 2.45) is 5.73 Å². The van der Waals surface area contributed by atoms with Gasteiger partial charge in [-0.25, -0.2) is 0 Å². The molecule has 19 heavy (non-hydrogen) atoms. The summed E-state index contributed by atoms with van der Waals surface area (Å²) in [7, 11) is 0. The van der Waals surface area contributed by atoms with E-state index >= 15 is 0 Å². The molecule has 98 valence electrons. The molecule has 1 aromatic carbocycles. The van der Waals surface area contributed by atoms with Crippen LogP contribution in [0.25, 0.3) is 0 Å². The first-order valence-electron chi connectivity index (χ1n) is 5.51. The van der Waals surface area contributed by atoms with Crippen molar-refractivity contribution in [2.45, 2.75) is 6.54 Å². The number of carbonyl (C=O) groups excluding carboxylic acids is 1. The van der Waals surface area contributed by atoms with Crippen molar-refractivity contribution in [3.8, 4) is 0 Å². The van der Waals surface area contributed by atoms with Crippen molar-refractivity contribution < 1.29 is 4.79 Å². The summed E-state index contributed by atoms with van der Waals surface area (Å²) in [6, 6.07) is 8.15. The van der Waals surface area contributed by atoms with Crippen molar-refractivity contribution in [2.75, 3.05) is 5.32 Å². The summed E-state index contributed by atoms with van der Waals surface area (Å²) in [5.41, 5.74) is 7.20. The van der Waals surface area contributed by atoms with Gasteiger partial charge in [0, 0.05) is 24.0 Å². The molecule has 0 aliphatic carbocycles. The molecule has 2 rings (SSSR count). The van der Waals surface area contributed by atoms with Gasteiger partial charge in [-0.1, -0.05) is 23.2 Å². The lowest BCUT2D eigenvalue weighted by Gasteiger charge is -2.07. The van der Waals surface area contributed by atoms with Crippen LogP contribution in [0, 0.1) is 0 Å². The van der Waals surface area contributed by atoms with Crippen LogP contribution in [-0.2, 0) is 6.54 Å². The number of rotatable bonds is 3. The number of benzene rings is 1. The number of amides is 1. The molecule has 1 aromatic heterocycles. The fourth-order valence-corrected chi connectivity index (χ4v) is 1.81. The van der Waals surface area contributed by atoms with Gasteiger partial charge >= 0.3 is 0 Å². The Kier molecular flexibility index (Phi) is 4.37. The van der Waals surface area contributed by atoms with E-state index in [1.807, 2.05) is 0 Å². The van der Waals surface area contributed by atoms with E-state index < -0.39 is 0 Å². The summed E-state index contributed by atoms with van der Waals surface area (Å²) >= 11 is 11.7. The van der Waals surface area contributed by atoms with Gasteiger partial charge in [-0.2, -0.15) is 0 Å². The van der Waals surface area contributed by atoms with Gasteiger partial charge in [0.2, 0.25) is 0 Å². The van der Waals surface area contributed by atoms with Gasteiger partial charge in [0.25, 0.3) is 5.91 Å². The quantitative estimate of drug-likeness (QED) is 0.914. The van der Waals surface area contributed by atoms with Crippen molar-refractivity contribution in [1.29, 1.82) is 0 Å². The molecule has 1 amide bonds. The molecule has 0 atom stereocenters. The van der Waals surface area contributed by atoms with Crippen LogP contribution in [0.1, 0.15) is 16.1 Å². The molecule has 2 aromatic rings. The van der Waals surface area contributed by atoms with Gasteiger partial charge < -0.3 is 11.1 Å². The molecule has 0 fully saturated rings. The highest BCUT2D eigenvalue weighted by Gasteiger charge is 2.08. The highest BCUT2D eigenvalue weighted by Crippen LogP contribution is 2.25. The summed E-state index contributed by atoms with van der Waals surface area (Å²) in [4.78, 5) is 16.1. The van der Waals surface area contributed by atoms with Gasteiger partial charge in [-0.3, -0.25) is 9.78 Å². The van der Waals surface area contributed by atoms with Crippen LogP contribution in [0.15, 0.2) is 36.5 Å². The van der Waals surface area contributed by atoms with Crippen LogP contribution in [0.3, 0.4) is 0 Å². The normalized spacial score (nSPS) is 10.3. The van der Waals surface area contributed by atoms with Crippen molar-refractivity contribution in [1.82, 2.24) is 4.98 Å². The molecule has 0 aliphatic rings. The third-order valence-electron chi connectivity index (χ3n) is 2.47. The Hall–Kier alpha value is -1.62. The molecule has 0 saturated carbocycles. The Balaban J connectivity index is 2.18. The minimum Gasteiger partial charge on any atom is -0.325 e. The summed E-state index contributed by atoms with van der Waals surface area (Å²) in [6.07, 6.45) is 1.55. The van der Waals surface area contributed by atoms with Gasteiger partial charge in [-0.15, -0.1) is 0 Å². The lowest BCUT2D eigenvalue weighted by molar-refractivity contribution is 0.102. The summed E-state index contributed by atoms with van der Waals surface area (Å²) in [5, 5.41) is 3.55. The van der Waals surface area contributed by atoms with E-state index in [0.29, 0.717) is 27.0 Å². The second-order valence-corrected chi connectivity index (χ2v) is 4.64. The van der Waals surface area contributed by atoms with Crippen molar-refractivity contribution in [3.05, 3.63) is 57.8 Å². The second kappa shape index (κ2) is 6.02. The van der Waals surface area contributed by atoms with Gasteiger partial charge in [-0.05, 0) is 30.3 Å². The fourth-order valence-electron chi connectivity index (χ4n) is 1.51. The van der Waals surface area contributed by atoms with Gasteiger partial charge in [0.05, 0.1) is 15.7 Å². The number of carbonyl (C=O) groups is 1. The number of pyridine rings is 1. The molecule has 6 heteroatoms. The number of hydrogen-bond acceptors (Lipinski definition) is 3. The van der Waals surface area contributed by atoms with E-state index in [1.165, 1.54) is 0 Å². The zero-order chi connectivity index (χ0) is 13.8. The Morgan fingerprint density at radius 1 is 1.21 bits per heavy atom. The van der Waals surface area contributed by atoms with Crippen LogP contribution >= 0.6 is 23.2 Å². The topological polar surface area (TPSA) is 68.0 Å². The predicted molar refractivity (Wildman–Crippen MR) is 76.5 cm³/mol. The standard InChI is InChI=1S/C13H11Cl2N3O/c14-11-2-1-9(6-12(11)15)18-13(19)8-3-4-17-10(5-8)7-16/h1-6H,7,16H2,(H,18,19). The number of anilines is 1. The van der Waals surface area contributed by atoms with Gasteiger partial charge in [0.15, 0.2) is 0 Å². The van der Waals surface area contributed by atoms with Gasteiger partial charge in [0.1, 0.15) is 0 Å². The minimum absolute atomic E-state index is 0.254. The average molecular weight is 296 g/mol. The van der Waals surface area contributed by atoms with Crippen LogP contribution in [-0.4, -0.2) is 10.9 Å². The van der Waals surface area contributed by atoms with Crippen molar-refractivity contribution in [3.63, 3.8) is 0 Å².